The van der Waals surface area contributed by atoms with Gasteiger partial charge in [0.1, 0.15) is 11.5 Å². The zero-order chi connectivity index (χ0) is 14.4. The Balaban J connectivity index is 1.60. The highest BCUT2D eigenvalue weighted by Crippen LogP contribution is 2.16. The molecule has 4 heteroatoms. The van der Waals surface area contributed by atoms with Gasteiger partial charge in [0.2, 0.25) is 0 Å². The Morgan fingerprint density at radius 2 is 2.15 bits per heavy atom. The Morgan fingerprint density at radius 1 is 1.40 bits per heavy atom. The Bertz CT molecular complexity index is 384. The predicted molar refractivity (Wildman–Crippen MR) is 80.8 cm³/mol. The molecular formula is C16H28N2O2. The average Bonchev–Trinajstić information content (AvgIpc) is 2.94. The van der Waals surface area contributed by atoms with E-state index in [0.29, 0.717) is 0 Å². The van der Waals surface area contributed by atoms with Crippen molar-refractivity contribution in [2.45, 2.75) is 51.7 Å². The van der Waals surface area contributed by atoms with E-state index in [1.807, 2.05) is 0 Å². The van der Waals surface area contributed by atoms with Crippen molar-refractivity contribution in [3.05, 3.63) is 23.7 Å². The van der Waals surface area contributed by atoms with Crippen LogP contribution in [0.2, 0.25) is 0 Å². The summed E-state index contributed by atoms with van der Waals surface area (Å²) in [5, 5.41) is 13.0. The normalized spacial score (nSPS) is 19.4. The Kier molecular flexibility index (Phi) is 6.07. The first-order valence-electron chi connectivity index (χ1n) is 7.91. The number of piperidine rings is 1. The SMILES string of the molecule is CCc1ccc(C(C)NCCCN2CCC(O)CC2)o1. The van der Waals surface area contributed by atoms with Gasteiger partial charge in [0.15, 0.2) is 0 Å². The standard InChI is InChI=1S/C16H28N2O2/c1-3-15-5-6-16(20-15)13(2)17-9-4-10-18-11-7-14(19)8-12-18/h5-6,13-14,17,19H,3-4,7-12H2,1-2H3. The van der Waals surface area contributed by atoms with E-state index >= 15 is 0 Å². The number of likely N-dealkylation sites (tertiary alicyclic amines) is 1. The van der Waals surface area contributed by atoms with Gasteiger partial charge in [0.05, 0.1) is 12.1 Å². The molecular weight excluding hydrogens is 252 g/mol. The number of hydrogen-bond acceptors (Lipinski definition) is 4. The van der Waals surface area contributed by atoms with Gasteiger partial charge in [-0.1, -0.05) is 6.92 Å². The van der Waals surface area contributed by atoms with Crippen molar-refractivity contribution in [3.8, 4) is 0 Å². The molecule has 2 rings (SSSR count). The lowest BCUT2D eigenvalue weighted by molar-refractivity contribution is 0.0820. The second-order valence-electron chi connectivity index (χ2n) is 5.76. The topological polar surface area (TPSA) is 48.6 Å². The minimum atomic E-state index is -0.0730. The van der Waals surface area contributed by atoms with Gasteiger partial charge in [0, 0.05) is 19.5 Å². The molecule has 114 valence electrons. The van der Waals surface area contributed by atoms with Crippen molar-refractivity contribution < 1.29 is 9.52 Å². The molecule has 2 N–H and O–H groups in total. The zero-order valence-corrected chi connectivity index (χ0v) is 12.8. The molecule has 1 aromatic rings. The van der Waals surface area contributed by atoms with E-state index in [2.05, 4.69) is 36.2 Å². The van der Waals surface area contributed by atoms with Gasteiger partial charge in [-0.3, -0.25) is 0 Å². The van der Waals surface area contributed by atoms with Crippen LogP contribution in [0.1, 0.15) is 50.7 Å². The highest BCUT2D eigenvalue weighted by Gasteiger charge is 2.16. The Morgan fingerprint density at radius 3 is 2.80 bits per heavy atom. The van der Waals surface area contributed by atoms with Gasteiger partial charge in [-0.2, -0.15) is 0 Å². The van der Waals surface area contributed by atoms with Crippen LogP contribution in [0.15, 0.2) is 16.5 Å². The van der Waals surface area contributed by atoms with Crippen LogP contribution in [0.5, 0.6) is 0 Å². The quantitative estimate of drug-likeness (QED) is 0.753. The number of furan rings is 1. The van der Waals surface area contributed by atoms with E-state index in [0.717, 1.165) is 63.4 Å². The maximum absolute atomic E-state index is 9.47. The highest BCUT2D eigenvalue weighted by molar-refractivity contribution is 5.10. The number of aliphatic hydroxyl groups excluding tert-OH is 1. The van der Waals surface area contributed by atoms with Gasteiger partial charge in [-0.05, 0) is 51.4 Å². The molecule has 1 aromatic heterocycles. The Hall–Kier alpha value is -0.840. The lowest BCUT2D eigenvalue weighted by atomic mass is 10.1. The third-order valence-electron chi connectivity index (χ3n) is 4.12. The summed E-state index contributed by atoms with van der Waals surface area (Å²) in [6.07, 6.45) is 3.87. The highest BCUT2D eigenvalue weighted by atomic mass is 16.3. The van der Waals surface area contributed by atoms with Crippen LogP contribution in [0.3, 0.4) is 0 Å². The summed E-state index contributed by atoms with van der Waals surface area (Å²) in [5.41, 5.74) is 0. The van der Waals surface area contributed by atoms with Crippen molar-refractivity contribution in [2.24, 2.45) is 0 Å². The molecule has 4 nitrogen and oxygen atoms in total. The molecule has 1 fully saturated rings. The molecule has 0 aliphatic carbocycles. The zero-order valence-electron chi connectivity index (χ0n) is 12.8. The number of aryl methyl sites for hydroxylation is 1. The van der Waals surface area contributed by atoms with Crippen LogP contribution < -0.4 is 5.32 Å². The first kappa shape index (κ1) is 15.5. The van der Waals surface area contributed by atoms with Crippen LogP contribution >= 0.6 is 0 Å². The summed E-state index contributed by atoms with van der Waals surface area (Å²) in [5.74, 6) is 2.09. The molecule has 1 saturated heterocycles. The second-order valence-corrected chi connectivity index (χ2v) is 5.76. The summed E-state index contributed by atoms with van der Waals surface area (Å²) in [7, 11) is 0. The van der Waals surface area contributed by atoms with E-state index in [9.17, 15) is 5.11 Å². The molecule has 20 heavy (non-hydrogen) atoms. The molecule has 1 aliphatic heterocycles. The molecule has 0 aromatic carbocycles. The van der Waals surface area contributed by atoms with Crippen LogP contribution in [-0.2, 0) is 6.42 Å². The Labute approximate surface area is 122 Å². The van der Waals surface area contributed by atoms with Crippen molar-refractivity contribution in [1.29, 1.82) is 0 Å². The van der Waals surface area contributed by atoms with Crippen LogP contribution in [-0.4, -0.2) is 42.3 Å². The van der Waals surface area contributed by atoms with Crippen LogP contribution in [0.4, 0.5) is 0 Å². The van der Waals surface area contributed by atoms with Crippen LogP contribution in [0, 0.1) is 0 Å². The monoisotopic (exact) mass is 280 g/mol. The van der Waals surface area contributed by atoms with E-state index < -0.39 is 0 Å². The number of aliphatic hydroxyl groups is 1. The van der Waals surface area contributed by atoms with Gasteiger partial charge in [0.25, 0.3) is 0 Å². The number of hydrogen-bond donors (Lipinski definition) is 2. The third kappa shape index (κ3) is 4.62. The van der Waals surface area contributed by atoms with E-state index in [1.54, 1.807) is 0 Å². The molecule has 0 radical (unpaired) electrons. The van der Waals surface area contributed by atoms with Gasteiger partial charge in [-0.15, -0.1) is 0 Å². The van der Waals surface area contributed by atoms with E-state index in [1.165, 1.54) is 0 Å². The largest absolute Gasteiger partial charge is 0.464 e. The maximum Gasteiger partial charge on any atom is 0.120 e. The number of nitrogens with zero attached hydrogens (tertiary/aromatic N) is 1. The summed E-state index contributed by atoms with van der Waals surface area (Å²) in [6, 6.07) is 4.41. The molecule has 0 saturated carbocycles. The summed E-state index contributed by atoms with van der Waals surface area (Å²) < 4.78 is 5.75. The molecule has 0 amide bonds. The summed E-state index contributed by atoms with van der Waals surface area (Å²) >= 11 is 0. The predicted octanol–water partition coefficient (Wildman–Crippen LogP) is 2.34. The fourth-order valence-corrected chi connectivity index (χ4v) is 2.68. The maximum atomic E-state index is 9.47. The van der Waals surface area contributed by atoms with Crippen molar-refractivity contribution in [2.75, 3.05) is 26.2 Å². The molecule has 1 atom stereocenters. The fourth-order valence-electron chi connectivity index (χ4n) is 2.68. The summed E-state index contributed by atoms with van der Waals surface area (Å²) in [4.78, 5) is 2.45. The van der Waals surface area contributed by atoms with Gasteiger partial charge in [-0.25, -0.2) is 0 Å². The molecule has 1 aliphatic rings. The first-order valence-corrected chi connectivity index (χ1v) is 7.91. The van der Waals surface area contributed by atoms with Crippen molar-refractivity contribution in [3.63, 3.8) is 0 Å². The molecule has 0 bridgehead atoms. The van der Waals surface area contributed by atoms with Crippen molar-refractivity contribution >= 4 is 0 Å². The van der Waals surface area contributed by atoms with E-state index in [-0.39, 0.29) is 12.1 Å². The second kappa shape index (κ2) is 7.81. The van der Waals surface area contributed by atoms with Gasteiger partial charge >= 0.3 is 0 Å². The number of nitrogens with one attached hydrogen (secondary N) is 1. The van der Waals surface area contributed by atoms with E-state index in [4.69, 9.17) is 4.42 Å². The fraction of sp³-hybridized carbons (Fsp3) is 0.750. The molecule has 1 unspecified atom stereocenters. The average molecular weight is 280 g/mol. The number of rotatable bonds is 7. The van der Waals surface area contributed by atoms with Crippen LogP contribution in [0.25, 0.3) is 0 Å². The lowest BCUT2D eigenvalue weighted by Crippen LogP contribution is -2.37. The minimum absolute atomic E-state index is 0.0730. The minimum Gasteiger partial charge on any atom is -0.464 e. The smallest absolute Gasteiger partial charge is 0.120 e. The van der Waals surface area contributed by atoms with Gasteiger partial charge < -0.3 is 19.7 Å². The third-order valence-corrected chi connectivity index (χ3v) is 4.12. The molecule has 2 heterocycles. The first-order chi connectivity index (χ1) is 9.69. The van der Waals surface area contributed by atoms with Crippen molar-refractivity contribution in [1.82, 2.24) is 10.2 Å². The summed E-state index contributed by atoms with van der Waals surface area (Å²) in [6.45, 7) is 8.45. The lowest BCUT2D eigenvalue weighted by Gasteiger charge is -2.29. The molecule has 0 spiro atoms.